The molecule has 0 bridgehead atoms. The zero-order valence-corrected chi connectivity index (χ0v) is 13.8. The molecule has 0 radical (unpaired) electrons. The van der Waals surface area contributed by atoms with E-state index in [1.54, 1.807) is 28.3 Å². The highest BCUT2D eigenvalue weighted by atomic mass is 35.5. The van der Waals surface area contributed by atoms with E-state index in [-0.39, 0.29) is 0 Å². The van der Waals surface area contributed by atoms with E-state index in [4.69, 9.17) is 11.6 Å². The van der Waals surface area contributed by atoms with E-state index in [9.17, 15) is 9.32 Å². The van der Waals surface area contributed by atoms with Crippen molar-refractivity contribution in [3.8, 4) is 11.1 Å². The molecule has 22 heavy (non-hydrogen) atoms. The van der Waals surface area contributed by atoms with Crippen LogP contribution in [0.15, 0.2) is 42.1 Å². The number of rotatable bonds is 2. The number of likely N-dealkylation sites (N-methyl/N-ethyl adjacent to an activating group) is 1. The monoisotopic (exact) mass is 337 g/mol. The summed E-state index contributed by atoms with van der Waals surface area (Å²) in [4.78, 5) is 0.319. The molecule has 7 heteroatoms. The van der Waals surface area contributed by atoms with E-state index < -0.39 is 23.1 Å². The lowest BCUT2D eigenvalue weighted by Gasteiger charge is -2.23. The Morgan fingerprint density at radius 3 is 2.68 bits per heavy atom. The molecule has 1 aromatic heterocycles. The summed E-state index contributed by atoms with van der Waals surface area (Å²) in [5.74, 6) is 0. The number of hydrogen-bond acceptors (Lipinski definition) is 3. The van der Waals surface area contributed by atoms with Crippen molar-refractivity contribution in [3.05, 3.63) is 52.7 Å². The lowest BCUT2D eigenvalue weighted by atomic mass is 9.93. The van der Waals surface area contributed by atoms with Crippen LogP contribution >= 0.6 is 11.6 Å². The third-order valence-corrected chi connectivity index (χ3v) is 5.53. The maximum absolute atomic E-state index is 12.2. The summed E-state index contributed by atoms with van der Waals surface area (Å²) in [6.45, 7) is 3.73. The van der Waals surface area contributed by atoms with Gasteiger partial charge in [0.25, 0.3) is 0 Å². The minimum atomic E-state index is -1.40. The molecule has 0 saturated carbocycles. The fourth-order valence-electron chi connectivity index (χ4n) is 2.73. The molecule has 0 aliphatic carbocycles. The van der Waals surface area contributed by atoms with Crippen molar-refractivity contribution >= 4 is 22.6 Å². The third-order valence-electron chi connectivity index (χ3n) is 3.86. The van der Waals surface area contributed by atoms with Gasteiger partial charge in [-0.15, -0.1) is 0 Å². The Balaban J connectivity index is 2.16. The van der Waals surface area contributed by atoms with E-state index in [1.807, 2.05) is 25.4 Å². The maximum atomic E-state index is 12.2. The number of aromatic nitrogens is 2. The van der Waals surface area contributed by atoms with Crippen LogP contribution in [0.25, 0.3) is 11.1 Å². The minimum absolute atomic E-state index is 0.319. The van der Waals surface area contributed by atoms with Crippen LogP contribution in [0.2, 0.25) is 5.02 Å². The first-order valence-corrected chi connectivity index (χ1v) is 8.18. The Morgan fingerprint density at radius 2 is 2.14 bits per heavy atom. The van der Waals surface area contributed by atoms with Gasteiger partial charge >= 0.3 is 0 Å². The predicted molar refractivity (Wildman–Crippen MR) is 87.4 cm³/mol. The summed E-state index contributed by atoms with van der Waals surface area (Å²) in [5, 5.41) is 15.2. The van der Waals surface area contributed by atoms with Gasteiger partial charge in [-0.1, -0.05) is 24.2 Å². The molecular formula is C15H16ClN3O2S. The van der Waals surface area contributed by atoms with Crippen LogP contribution in [0.1, 0.15) is 11.6 Å². The van der Waals surface area contributed by atoms with Crippen molar-refractivity contribution < 1.29 is 9.32 Å². The van der Waals surface area contributed by atoms with Crippen molar-refractivity contribution in [1.82, 2.24) is 14.1 Å². The molecule has 3 rings (SSSR count). The Kier molecular flexibility index (Phi) is 3.94. The molecule has 1 fully saturated rings. The zero-order valence-electron chi connectivity index (χ0n) is 12.2. The minimum Gasteiger partial charge on any atom is -0.386 e. The van der Waals surface area contributed by atoms with Crippen molar-refractivity contribution in [2.75, 3.05) is 7.05 Å². The predicted octanol–water partition coefficient (Wildman–Crippen LogP) is 2.27. The van der Waals surface area contributed by atoms with Crippen molar-refractivity contribution in [3.63, 3.8) is 0 Å². The van der Waals surface area contributed by atoms with Gasteiger partial charge in [-0.2, -0.15) is 5.10 Å². The second kappa shape index (κ2) is 5.62. The number of hydrogen-bond donors (Lipinski definition) is 1. The van der Waals surface area contributed by atoms with Gasteiger partial charge in [0.1, 0.15) is 17.1 Å². The molecular weight excluding hydrogens is 322 g/mol. The van der Waals surface area contributed by atoms with Crippen LogP contribution in [0.4, 0.5) is 0 Å². The quantitative estimate of drug-likeness (QED) is 0.914. The molecule has 1 aliphatic heterocycles. The standard InChI is InChI=1S/C15H16ClN3O2S/c1-9-15(20)14(19(3)22(9)21)12-5-4-11(16)6-13(12)10-7-17-18(2)8-10/h4-8,14-15,20H,1H2,2-3H3. The third kappa shape index (κ3) is 2.42. The molecule has 0 spiro atoms. The van der Waals surface area contributed by atoms with Crippen LogP contribution in [0.5, 0.6) is 0 Å². The molecule has 0 amide bonds. The van der Waals surface area contributed by atoms with Gasteiger partial charge in [0, 0.05) is 30.9 Å². The van der Waals surface area contributed by atoms with Crippen LogP contribution in [0.3, 0.4) is 0 Å². The second-order valence-corrected chi connectivity index (χ2v) is 7.32. The lowest BCUT2D eigenvalue weighted by Crippen LogP contribution is -2.24. The molecule has 2 heterocycles. The molecule has 116 valence electrons. The van der Waals surface area contributed by atoms with Crippen molar-refractivity contribution in [1.29, 1.82) is 0 Å². The number of aryl methyl sites for hydroxylation is 1. The first-order valence-electron chi connectivity index (χ1n) is 6.70. The molecule has 1 N–H and O–H groups in total. The fraction of sp³-hybridized carbons (Fsp3) is 0.267. The van der Waals surface area contributed by atoms with Crippen molar-refractivity contribution in [2.45, 2.75) is 12.1 Å². The summed E-state index contributed by atoms with van der Waals surface area (Å²) in [7, 11) is 2.14. The summed E-state index contributed by atoms with van der Waals surface area (Å²) < 4.78 is 15.5. The average Bonchev–Trinajstić information content (AvgIpc) is 2.99. The molecule has 3 unspecified atom stereocenters. The first-order chi connectivity index (χ1) is 10.4. The lowest BCUT2D eigenvalue weighted by molar-refractivity contribution is 0.154. The highest BCUT2D eigenvalue weighted by molar-refractivity contribution is 7.87. The van der Waals surface area contributed by atoms with Gasteiger partial charge in [-0.05, 0) is 23.3 Å². The number of aliphatic hydroxyl groups excluding tert-OH is 1. The van der Waals surface area contributed by atoms with E-state index in [0.29, 0.717) is 9.93 Å². The Hall–Kier alpha value is -1.47. The molecule has 1 aliphatic rings. The van der Waals surface area contributed by atoms with Gasteiger partial charge in [0.15, 0.2) is 0 Å². The maximum Gasteiger partial charge on any atom is 0.125 e. The van der Waals surface area contributed by atoms with Gasteiger partial charge in [-0.25, -0.2) is 8.51 Å². The topological polar surface area (TPSA) is 58.4 Å². The Bertz CT molecular complexity index is 754. The van der Waals surface area contributed by atoms with Crippen LogP contribution in [-0.4, -0.2) is 36.6 Å². The first kappa shape index (κ1) is 15.4. The number of halogens is 1. The molecule has 1 aromatic carbocycles. The summed E-state index contributed by atoms with van der Waals surface area (Å²) in [6, 6.07) is 5.02. The van der Waals surface area contributed by atoms with E-state index in [0.717, 1.165) is 16.7 Å². The normalized spacial score (nSPS) is 25.8. The number of nitrogens with zero attached hydrogens (tertiary/aromatic N) is 3. The van der Waals surface area contributed by atoms with Gasteiger partial charge in [0.2, 0.25) is 0 Å². The number of benzene rings is 1. The highest BCUT2D eigenvalue weighted by Crippen LogP contribution is 2.41. The average molecular weight is 338 g/mol. The Morgan fingerprint density at radius 1 is 1.41 bits per heavy atom. The fourth-order valence-corrected chi connectivity index (χ4v) is 4.04. The summed E-state index contributed by atoms with van der Waals surface area (Å²) >= 11 is 6.13. The second-order valence-electron chi connectivity index (χ2n) is 5.29. The van der Waals surface area contributed by atoms with Gasteiger partial charge in [0.05, 0.1) is 17.1 Å². The van der Waals surface area contributed by atoms with Crippen LogP contribution in [0, 0.1) is 0 Å². The van der Waals surface area contributed by atoms with Gasteiger partial charge in [-0.3, -0.25) is 4.68 Å². The largest absolute Gasteiger partial charge is 0.386 e. The molecule has 1 saturated heterocycles. The van der Waals surface area contributed by atoms with Crippen LogP contribution < -0.4 is 0 Å². The van der Waals surface area contributed by atoms with Crippen molar-refractivity contribution in [2.24, 2.45) is 7.05 Å². The SMILES string of the molecule is C=C1C(O)C(c2ccc(Cl)cc2-c2cnn(C)c2)N(C)S1=O. The Labute approximate surface area is 136 Å². The summed E-state index contributed by atoms with van der Waals surface area (Å²) in [6.07, 6.45) is 2.73. The highest BCUT2D eigenvalue weighted by Gasteiger charge is 2.41. The zero-order chi connectivity index (χ0) is 16.0. The summed E-state index contributed by atoms with van der Waals surface area (Å²) in [5.41, 5.74) is 2.60. The van der Waals surface area contributed by atoms with E-state index >= 15 is 0 Å². The smallest absolute Gasteiger partial charge is 0.125 e. The van der Waals surface area contributed by atoms with Crippen LogP contribution in [-0.2, 0) is 18.0 Å². The molecule has 2 aromatic rings. The van der Waals surface area contributed by atoms with E-state index in [1.165, 1.54) is 0 Å². The molecule has 5 nitrogen and oxygen atoms in total. The number of aliphatic hydroxyl groups is 1. The van der Waals surface area contributed by atoms with E-state index in [2.05, 4.69) is 11.7 Å². The van der Waals surface area contributed by atoms with Gasteiger partial charge < -0.3 is 5.11 Å². The molecule has 3 atom stereocenters.